The smallest absolute Gasteiger partial charge is 0.266 e. The van der Waals surface area contributed by atoms with Crippen LogP contribution in [0.1, 0.15) is 31.9 Å². The van der Waals surface area contributed by atoms with Gasteiger partial charge in [0.25, 0.3) is 17.6 Å². The molecule has 0 radical (unpaired) electrons. The second kappa shape index (κ2) is 4.58. The Bertz CT molecular complexity index is 1070. The molecule has 4 heterocycles. The van der Waals surface area contributed by atoms with Gasteiger partial charge in [0, 0.05) is 18.2 Å². The van der Waals surface area contributed by atoms with Gasteiger partial charge < -0.3 is 35.0 Å². The van der Waals surface area contributed by atoms with Crippen LogP contribution in [0.15, 0.2) is 18.2 Å². The van der Waals surface area contributed by atoms with Crippen LogP contribution in [-0.4, -0.2) is 72.9 Å². The van der Waals surface area contributed by atoms with Crippen LogP contribution in [-0.2, 0) is 26.3 Å². The highest BCUT2D eigenvalue weighted by atomic mass is 16.7. The minimum atomic E-state index is -2.91. The summed E-state index contributed by atoms with van der Waals surface area (Å²) in [6.07, 6.45) is -1.30. The van der Waals surface area contributed by atoms with Gasteiger partial charge in [0.1, 0.15) is 0 Å². The number of anilines is 1. The van der Waals surface area contributed by atoms with Gasteiger partial charge in [0.15, 0.2) is 5.60 Å². The highest BCUT2D eigenvalue weighted by molar-refractivity contribution is 6.09. The zero-order chi connectivity index (χ0) is 21.8. The molecular formula is C21H24N2O7. The quantitative estimate of drug-likeness (QED) is 0.452. The van der Waals surface area contributed by atoms with E-state index in [4.69, 9.17) is 4.74 Å². The molecule has 2 amide bonds. The minimum absolute atomic E-state index is 0.433. The monoisotopic (exact) mass is 416 g/mol. The maximum atomic E-state index is 13.7. The molecule has 9 nitrogen and oxygen atoms in total. The molecule has 0 unspecified atom stereocenters. The lowest BCUT2D eigenvalue weighted by Gasteiger charge is -2.42. The van der Waals surface area contributed by atoms with Crippen LogP contribution >= 0.6 is 0 Å². The lowest BCUT2D eigenvalue weighted by Crippen LogP contribution is -2.67. The summed E-state index contributed by atoms with van der Waals surface area (Å²) in [5.41, 5.74) is -6.05. The number of ether oxygens (including phenoxy) is 1. The Morgan fingerprint density at radius 3 is 2.47 bits per heavy atom. The van der Waals surface area contributed by atoms with E-state index in [0.717, 1.165) is 17.4 Å². The third kappa shape index (κ3) is 1.34. The van der Waals surface area contributed by atoms with Gasteiger partial charge in [-0.25, -0.2) is 0 Å². The van der Waals surface area contributed by atoms with Crippen LogP contribution in [0.2, 0.25) is 0 Å². The van der Waals surface area contributed by atoms with Crippen LogP contribution in [0.3, 0.4) is 0 Å². The molecule has 0 saturated carbocycles. The van der Waals surface area contributed by atoms with Gasteiger partial charge in [-0.2, -0.15) is 0 Å². The van der Waals surface area contributed by atoms with Gasteiger partial charge >= 0.3 is 0 Å². The summed E-state index contributed by atoms with van der Waals surface area (Å²) in [5.74, 6) is -5.85. The first kappa shape index (κ1) is 18.7. The third-order valence-corrected chi connectivity index (χ3v) is 8.48. The fourth-order valence-corrected chi connectivity index (χ4v) is 7.20. The Labute approximate surface area is 172 Å². The van der Waals surface area contributed by atoms with Crippen molar-refractivity contribution in [3.8, 4) is 0 Å². The van der Waals surface area contributed by atoms with Crippen molar-refractivity contribution in [1.82, 2.24) is 4.90 Å². The molecule has 1 aromatic carbocycles. The first-order chi connectivity index (χ1) is 13.8. The molecule has 1 aliphatic carbocycles. The molecule has 160 valence electrons. The highest BCUT2D eigenvalue weighted by Gasteiger charge is 2.95. The number of amides is 2. The Kier molecular flexibility index (Phi) is 2.86. The van der Waals surface area contributed by atoms with E-state index in [0.29, 0.717) is 17.7 Å². The topological polar surface area (TPSA) is 131 Å². The number of hydrogen-bond acceptors (Lipinski definition) is 7. The standard InChI is InChI=1S/C21H24N2O7/c1-9(24)19(27)16(26)23-17(2,3)11-8-10-6-5-7-12-13(10)18(15(25)22(12)4)14(11)20(23,28)21(19,29)30-18/h5-7,9,11,14,24,27-29H,8H2,1-4H3/t9-,11+,14+,18-,19+,20-,21+/m0/s1. The first-order valence-electron chi connectivity index (χ1n) is 10.1. The lowest BCUT2D eigenvalue weighted by molar-refractivity contribution is -0.346. The molecule has 3 saturated heterocycles. The number of rotatable bonds is 1. The van der Waals surface area contributed by atoms with Gasteiger partial charge in [-0.1, -0.05) is 12.1 Å². The normalized spacial score (nSPS) is 47.7. The highest BCUT2D eigenvalue weighted by Crippen LogP contribution is 2.75. The van der Waals surface area contributed by atoms with E-state index in [1.807, 2.05) is 12.1 Å². The summed E-state index contributed by atoms with van der Waals surface area (Å²) >= 11 is 0. The molecule has 4 N–H and O–H groups in total. The number of likely N-dealkylation sites (N-methyl/N-ethyl adjacent to an activating group) is 1. The van der Waals surface area contributed by atoms with Crippen molar-refractivity contribution < 1.29 is 34.8 Å². The summed E-state index contributed by atoms with van der Waals surface area (Å²) in [6, 6.07) is 5.48. The van der Waals surface area contributed by atoms with Crippen LogP contribution in [0.25, 0.3) is 0 Å². The molecule has 9 heteroatoms. The van der Waals surface area contributed by atoms with E-state index >= 15 is 0 Å². The minimum Gasteiger partial charge on any atom is -0.390 e. The maximum absolute atomic E-state index is 13.7. The van der Waals surface area contributed by atoms with E-state index < -0.39 is 58.0 Å². The molecule has 5 aliphatic rings. The fourth-order valence-electron chi connectivity index (χ4n) is 7.20. The average Bonchev–Trinajstić information content (AvgIpc) is 3.16. The molecule has 6 rings (SSSR count). The van der Waals surface area contributed by atoms with Crippen molar-refractivity contribution in [2.45, 2.75) is 61.5 Å². The Hall–Kier alpha value is -2.04. The summed E-state index contributed by atoms with van der Waals surface area (Å²) in [4.78, 5) is 29.5. The molecule has 30 heavy (non-hydrogen) atoms. The molecule has 4 aliphatic heterocycles. The predicted octanol–water partition coefficient (Wildman–Crippen LogP) is -1.20. The van der Waals surface area contributed by atoms with E-state index in [9.17, 15) is 30.0 Å². The molecular weight excluding hydrogens is 392 g/mol. The van der Waals surface area contributed by atoms with E-state index in [1.165, 1.54) is 4.90 Å². The van der Waals surface area contributed by atoms with Crippen molar-refractivity contribution in [2.24, 2.45) is 11.8 Å². The molecule has 3 fully saturated rings. The molecule has 0 aromatic heterocycles. The maximum Gasteiger partial charge on any atom is 0.266 e. The first-order valence-corrected chi connectivity index (χ1v) is 10.1. The third-order valence-electron chi connectivity index (χ3n) is 8.48. The van der Waals surface area contributed by atoms with Crippen LogP contribution in [0.4, 0.5) is 5.69 Å². The van der Waals surface area contributed by atoms with E-state index in [2.05, 4.69) is 0 Å². The zero-order valence-corrected chi connectivity index (χ0v) is 17.1. The largest absolute Gasteiger partial charge is 0.390 e. The van der Waals surface area contributed by atoms with Gasteiger partial charge in [-0.3, -0.25) is 9.59 Å². The van der Waals surface area contributed by atoms with Gasteiger partial charge in [0.2, 0.25) is 11.3 Å². The Morgan fingerprint density at radius 2 is 1.83 bits per heavy atom. The van der Waals surface area contributed by atoms with Crippen molar-refractivity contribution in [3.63, 3.8) is 0 Å². The molecule has 0 bridgehead atoms. The number of nitrogens with zero attached hydrogens (tertiary/aromatic N) is 2. The second-order valence-electron chi connectivity index (χ2n) is 9.91. The van der Waals surface area contributed by atoms with Crippen molar-refractivity contribution in [3.05, 3.63) is 29.3 Å². The lowest BCUT2D eigenvalue weighted by atomic mass is 9.61. The van der Waals surface area contributed by atoms with Crippen molar-refractivity contribution >= 4 is 17.5 Å². The SMILES string of the molecule is C[C@H](O)[C@@]1(O)C(=O)N2C(C)(C)[C@@H]3Cc4cccc5c4[C@@]4(O[C@@]1(O)[C@@]2(O)[C@H]34)C(=O)N5C. The van der Waals surface area contributed by atoms with Gasteiger partial charge in [0.05, 0.1) is 17.7 Å². The number of carbonyl (C=O) groups excluding carboxylic acids is 2. The average molecular weight is 416 g/mol. The van der Waals surface area contributed by atoms with E-state index in [1.54, 1.807) is 27.0 Å². The molecule has 1 aromatic rings. The van der Waals surface area contributed by atoms with Crippen LogP contribution in [0, 0.1) is 11.8 Å². The molecule has 1 spiro atoms. The second-order valence-corrected chi connectivity index (χ2v) is 9.91. The number of aliphatic hydroxyl groups excluding tert-OH is 1. The van der Waals surface area contributed by atoms with Crippen molar-refractivity contribution in [1.29, 1.82) is 0 Å². The summed E-state index contributed by atoms with van der Waals surface area (Å²) in [5, 5.41) is 45.5. The predicted molar refractivity (Wildman–Crippen MR) is 101 cm³/mol. The fraction of sp³-hybridized carbons (Fsp3) is 0.619. The summed E-state index contributed by atoms with van der Waals surface area (Å²) in [6.45, 7) is 4.63. The van der Waals surface area contributed by atoms with Gasteiger partial charge in [-0.15, -0.1) is 0 Å². The zero-order valence-electron chi connectivity index (χ0n) is 17.1. The number of aliphatic hydroxyl groups is 4. The van der Waals surface area contributed by atoms with Crippen molar-refractivity contribution in [2.75, 3.05) is 11.9 Å². The Morgan fingerprint density at radius 1 is 1.17 bits per heavy atom. The molecule has 7 atom stereocenters. The van der Waals surface area contributed by atoms with Gasteiger partial charge in [-0.05, 0) is 44.7 Å². The number of hydrogen-bond donors (Lipinski definition) is 4. The van der Waals surface area contributed by atoms with Crippen LogP contribution < -0.4 is 4.90 Å². The summed E-state index contributed by atoms with van der Waals surface area (Å²) in [7, 11) is 1.59. The number of benzene rings is 1. The summed E-state index contributed by atoms with van der Waals surface area (Å²) < 4.78 is 6.06. The van der Waals surface area contributed by atoms with Crippen LogP contribution in [0.5, 0.6) is 0 Å². The number of carbonyl (C=O) groups is 2. The van der Waals surface area contributed by atoms with E-state index in [-0.39, 0.29) is 0 Å². The Balaban J connectivity index is 1.76.